The predicted octanol–water partition coefficient (Wildman–Crippen LogP) is 2.95. The topological polar surface area (TPSA) is 86.5 Å². The first-order chi connectivity index (χ1) is 11.0. The highest BCUT2D eigenvalue weighted by Gasteiger charge is 2.31. The lowest BCUT2D eigenvalue weighted by atomic mass is 9.83. The van der Waals surface area contributed by atoms with E-state index in [1.54, 1.807) is 12.1 Å². The Morgan fingerprint density at radius 2 is 1.78 bits per heavy atom. The molecule has 0 N–H and O–H groups in total. The SMILES string of the molecule is O=C1C[C@@H](C(=O)Oc2ccc([N+](=O)[O-])cc2)Cc2ccccc21. The first kappa shape index (κ1) is 14.9. The lowest BCUT2D eigenvalue weighted by Crippen LogP contribution is -2.29. The van der Waals surface area contributed by atoms with Crippen LogP contribution in [0.1, 0.15) is 22.3 Å². The maximum absolute atomic E-state index is 12.2. The third-order valence-corrected chi connectivity index (χ3v) is 3.82. The number of hydrogen-bond donors (Lipinski definition) is 0. The summed E-state index contributed by atoms with van der Waals surface area (Å²) in [6.07, 6.45) is 0.566. The highest BCUT2D eigenvalue weighted by molar-refractivity contribution is 6.01. The summed E-state index contributed by atoms with van der Waals surface area (Å²) in [4.78, 5) is 34.4. The number of nitro groups is 1. The van der Waals surface area contributed by atoms with Gasteiger partial charge < -0.3 is 4.74 Å². The molecule has 0 saturated carbocycles. The van der Waals surface area contributed by atoms with Crippen LogP contribution in [0.4, 0.5) is 5.69 Å². The van der Waals surface area contributed by atoms with Gasteiger partial charge in [0.15, 0.2) is 5.78 Å². The Labute approximate surface area is 131 Å². The molecular formula is C17H13NO5. The highest BCUT2D eigenvalue weighted by Crippen LogP contribution is 2.27. The summed E-state index contributed by atoms with van der Waals surface area (Å²) < 4.78 is 5.24. The van der Waals surface area contributed by atoms with Crippen molar-refractivity contribution < 1.29 is 19.2 Å². The minimum atomic E-state index is -0.535. The number of Topliss-reactive ketones (excluding diaryl/α,β-unsaturated/α-hetero) is 1. The lowest BCUT2D eigenvalue weighted by molar-refractivity contribution is -0.384. The molecule has 0 radical (unpaired) electrons. The van der Waals surface area contributed by atoms with Crippen molar-refractivity contribution >= 4 is 17.4 Å². The average Bonchev–Trinajstić information content (AvgIpc) is 2.55. The molecule has 2 aromatic carbocycles. The van der Waals surface area contributed by atoms with Gasteiger partial charge in [0.05, 0.1) is 10.8 Å². The first-order valence-electron chi connectivity index (χ1n) is 7.12. The monoisotopic (exact) mass is 311 g/mol. The van der Waals surface area contributed by atoms with Crippen LogP contribution in [0.15, 0.2) is 48.5 Å². The van der Waals surface area contributed by atoms with Crippen LogP contribution in [0.2, 0.25) is 0 Å². The van der Waals surface area contributed by atoms with Crippen LogP contribution in [0.25, 0.3) is 0 Å². The number of ether oxygens (including phenoxy) is 1. The van der Waals surface area contributed by atoms with Crippen molar-refractivity contribution in [3.63, 3.8) is 0 Å². The Kier molecular flexibility index (Phi) is 3.89. The maximum Gasteiger partial charge on any atom is 0.315 e. The van der Waals surface area contributed by atoms with Gasteiger partial charge in [-0.1, -0.05) is 24.3 Å². The van der Waals surface area contributed by atoms with E-state index in [0.29, 0.717) is 12.0 Å². The second-order valence-electron chi connectivity index (χ2n) is 5.36. The summed E-state index contributed by atoms with van der Waals surface area (Å²) in [6, 6.07) is 12.5. The summed E-state index contributed by atoms with van der Waals surface area (Å²) in [5, 5.41) is 10.6. The van der Waals surface area contributed by atoms with E-state index in [4.69, 9.17) is 4.74 Å². The molecule has 0 bridgehead atoms. The number of carbonyl (C=O) groups is 2. The van der Waals surface area contributed by atoms with Crippen LogP contribution >= 0.6 is 0 Å². The van der Waals surface area contributed by atoms with Crippen LogP contribution in [0, 0.1) is 16.0 Å². The van der Waals surface area contributed by atoms with E-state index >= 15 is 0 Å². The Balaban J connectivity index is 1.72. The fourth-order valence-electron chi connectivity index (χ4n) is 2.64. The third-order valence-electron chi connectivity index (χ3n) is 3.82. The number of hydrogen-bond acceptors (Lipinski definition) is 5. The van der Waals surface area contributed by atoms with Crippen molar-refractivity contribution in [2.24, 2.45) is 5.92 Å². The molecule has 0 aromatic heterocycles. The first-order valence-corrected chi connectivity index (χ1v) is 7.12. The van der Waals surface area contributed by atoms with Gasteiger partial charge in [-0.05, 0) is 24.1 Å². The summed E-state index contributed by atoms with van der Waals surface area (Å²) >= 11 is 0. The Morgan fingerprint density at radius 1 is 1.09 bits per heavy atom. The number of rotatable bonds is 3. The molecule has 0 spiro atoms. The van der Waals surface area contributed by atoms with Gasteiger partial charge in [-0.2, -0.15) is 0 Å². The fourth-order valence-corrected chi connectivity index (χ4v) is 2.64. The molecule has 0 unspecified atom stereocenters. The molecule has 0 fully saturated rings. The molecule has 0 heterocycles. The second-order valence-corrected chi connectivity index (χ2v) is 5.36. The lowest BCUT2D eigenvalue weighted by Gasteiger charge is -2.22. The summed E-state index contributed by atoms with van der Waals surface area (Å²) in [7, 11) is 0. The maximum atomic E-state index is 12.2. The number of non-ortho nitro benzene ring substituents is 1. The Hall–Kier alpha value is -3.02. The van der Waals surface area contributed by atoms with E-state index in [1.165, 1.54) is 24.3 Å². The molecule has 0 saturated heterocycles. The van der Waals surface area contributed by atoms with Crippen molar-refractivity contribution in [1.29, 1.82) is 0 Å². The molecule has 6 heteroatoms. The molecule has 0 amide bonds. The van der Waals surface area contributed by atoms with Crippen LogP contribution in [-0.4, -0.2) is 16.7 Å². The van der Waals surface area contributed by atoms with Gasteiger partial charge in [0.25, 0.3) is 5.69 Å². The number of nitrogens with zero attached hydrogens (tertiary/aromatic N) is 1. The molecule has 1 aliphatic carbocycles. The van der Waals surface area contributed by atoms with E-state index in [-0.39, 0.29) is 23.6 Å². The van der Waals surface area contributed by atoms with Crippen molar-refractivity contribution in [2.75, 3.05) is 0 Å². The van der Waals surface area contributed by atoms with Crippen LogP contribution < -0.4 is 4.74 Å². The fraction of sp³-hybridized carbons (Fsp3) is 0.176. The van der Waals surface area contributed by atoms with E-state index in [1.807, 2.05) is 12.1 Å². The van der Waals surface area contributed by atoms with Gasteiger partial charge >= 0.3 is 5.97 Å². The molecule has 1 aliphatic rings. The van der Waals surface area contributed by atoms with Crippen LogP contribution in [-0.2, 0) is 11.2 Å². The molecule has 0 aliphatic heterocycles. The molecule has 3 rings (SSSR count). The third kappa shape index (κ3) is 3.11. The number of ketones is 1. The van der Waals surface area contributed by atoms with Crippen LogP contribution in [0.5, 0.6) is 5.75 Å². The molecule has 6 nitrogen and oxygen atoms in total. The second kappa shape index (κ2) is 6.00. The summed E-state index contributed by atoms with van der Waals surface area (Å²) in [5.74, 6) is -0.876. The molecular weight excluding hydrogens is 298 g/mol. The summed E-state index contributed by atoms with van der Waals surface area (Å²) in [6.45, 7) is 0. The van der Waals surface area contributed by atoms with Gasteiger partial charge in [-0.15, -0.1) is 0 Å². The number of nitro benzene ring substituents is 1. The molecule has 23 heavy (non-hydrogen) atoms. The van der Waals surface area contributed by atoms with Gasteiger partial charge in [0, 0.05) is 24.1 Å². The van der Waals surface area contributed by atoms with Gasteiger partial charge in [-0.25, -0.2) is 0 Å². The molecule has 1 atom stereocenters. The smallest absolute Gasteiger partial charge is 0.315 e. The standard InChI is InChI=1S/C17H13NO5/c19-16-10-12(9-11-3-1-2-4-15(11)16)17(20)23-14-7-5-13(6-8-14)18(21)22/h1-8,12H,9-10H2/t12-/m0/s1. The van der Waals surface area contributed by atoms with E-state index < -0.39 is 16.8 Å². The van der Waals surface area contributed by atoms with E-state index in [9.17, 15) is 19.7 Å². The van der Waals surface area contributed by atoms with E-state index in [0.717, 1.165) is 5.56 Å². The van der Waals surface area contributed by atoms with Gasteiger partial charge in [-0.3, -0.25) is 19.7 Å². The minimum absolute atomic E-state index is 0.0718. The van der Waals surface area contributed by atoms with Gasteiger partial charge in [0.2, 0.25) is 0 Å². The number of carbonyl (C=O) groups excluding carboxylic acids is 2. The molecule has 116 valence electrons. The number of benzene rings is 2. The van der Waals surface area contributed by atoms with Crippen molar-refractivity contribution in [3.8, 4) is 5.75 Å². The highest BCUT2D eigenvalue weighted by atomic mass is 16.6. The quantitative estimate of drug-likeness (QED) is 0.376. The van der Waals surface area contributed by atoms with E-state index in [2.05, 4.69) is 0 Å². The predicted molar refractivity (Wildman–Crippen MR) is 81.3 cm³/mol. The molecule has 2 aromatic rings. The van der Waals surface area contributed by atoms with Crippen molar-refractivity contribution in [3.05, 3.63) is 69.8 Å². The van der Waals surface area contributed by atoms with Crippen molar-refractivity contribution in [1.82, 2.24) is 0 Å². The largest absolute Gasteiger partial charge is 0.426 e. The number of esters is 1. The normalized spacial score (nSPS) is 16.5. The Bertz CT molecular complexity index is 782. The zero-order chi connectivity index (χ0) is 16.4. The number of fused-ring (bicyclic) bond motifs is 1. The zero-order valence-electron chi connectivity index (χ0n) is 12.1. The average molecular weight is 311 g/mol. The van der Waals surface area contributed by atoms with Crippen molar-refractivity contribution in [2.45, 2.75) is 12.8 Å². The Morgan fingerprint density at radius 3 is 2.48 bits per heavy atom. The zero-order valence-corrected chi connectivity index (χ0v) is 12.1. The summed E-state index contributed by atoms with van der Waals surface area (Å²) in [5.41, 5.74) is 1.42. The minimum Gasteiger partial charge on any atom is -0.426 e. The van der Waals surface area contributed by atoms with Gasteiger partial charge in [0.1, 0.15) is 5.75 Å². The van der Waals surface area contributed by atoms with Crippen LogP contribution in [0.3, 0.4) is 0 Å².